The number of hydrogen-bond donors (Lipinski definition) is 3. The number of aromatic hydroxyl groups is 1. The molecule has 0 radical (unpaired) electrons. The van der Waals surface area contributed by atoms with Crippen LogP contribution in [0.3, 0.4) is 0 Å². The minimum Gasteiger partial charge on any atom is -0.507 e. The molecule has 0 spiro atoms. The number of rotatable bonds is 4. The van der Waals surface area contributed by atoms with Gasteiger partial charge in [-0.2, -0.15) is 0 Å². The van der Waals surface area contributed by atoms with Gasteiger partial charge in [0.15, 0.2) is 0 Å². The lowest BCUT2D eigenvalue weighted by molar-refractivity contribution is -0.357. The lowest BCUT2D eigenvalue weighted by Gasteiger charge is -2.26. The van der Waals surface area contributed by atoms with Gasteiger partial charge in [-0.1, -0.05) is 89.7 Å². The zero-order valence-corrected chi connectivity index (χ0v) is 20.1. The minimum atomic E-state index is -0.207. The smallest absolute Gasteiger partial charge is 0.281 e. The van der Waals surface area contributed by atoms with Gasteiger partial charge in [-0.25, -0.2) is 4.99 Å². The van der Waals surface area contributed by atoms with Crippen molar-refractivity contribution in [2.24, 2.45) is 5.73 Å². The monoisotopic (exact) mass is 433 g/mol. The van der Waals surface area contributed by atoms with Crippen LogP contribution in [0.1, 0.15) is 58.2 Å². The SMILES string of the molecule is CC(C)(C)c1cc(C(N)=[NH+]c2ccccc2Sc2ccccc2)c(O)c(C(C)(C)C)c1. The first-order chi connectivity index (χ1) is 14.5. The summed E-state index contributed by atoms with van der Waals surface area (Å²) in [5.74, 6) is 0.675. The average molecular weight is 434 g/mol. The number of benzene rings is 3. The molecule has 0 atom stereocenters. The Balaban J connectivity index is 2.10. The fourth-order valence-electron chi connectivity index (χ4n) is 3.33. The van der Waals surface area contributed by atoms with Gasteiger partial charge in [0.25, 0.3) is 5.84 Å². The zero-order valence-electron chi connectivity index (χ0n) is 19.3. The van der Waals surface area contributed by atoms with Crippen molar-refractivity contribution in [1.29, 1.82) is 0 Å². The number of para-hydroxylation sites is 1. The molecular formula is C27H33N2OS+. The topological polar surface area (TPSA) is 60.2 Å². The van der Waals surface area contributed by atoms with E-state index >= 15 is 0 Å². The second-order valence-corrected chi connectivity index (χ2v) is 11.0. The van der Waals surface area contributed by atoms with Crippen LogP contribution in [0, 0.1) is 0 Å². The molecule has 0 aliphatic heterocycles. The number of nitrogen functional groups attached to an aromatic ring is 1. The maximum atomic E-state index is 11.1. The third kappa shape index (κ3) is 5.50. The molecule has 4 heteroatoms. The molecule has 3 aromatic carbocycles. The first-order valence-electron chi connectivity index (χ1n) is 10.6. The third-order valence-electron chi connectivity index (χ3n) is 5.20. The second-order valence-electron chi connectivity index (χ2n) is 9.87. The molecule has 0 amide bonds. The molecule has 3 rings (SSSR count). The highest BCUT2D eigenvalue weighted by Crippen LogP contribution is 2.37. The highest BCUT2D eigenvalue weighted by atomic mass is 32.2. The molecule has 3 nitrogen and oxygen atoms in total. The highest BCUT2D eigenvalue weighted by molar-refractivity contribution is 7.99. The van der Waals surface area contributed by atoms with E-state index in [4.69, 9.17) is 5.73 Å². The van der Waals surface area contributed by atoms with Gasteiger partial charge in [0.2, 0.25) is 0 Å². The number of nitrogens with two attached hydrogens (primary N) is 1. The van der Waals surface area contributed by atoms with Gasteiger partial charge in [0.05, 0.1) is 4.90 Å². The summed E-state index contributed by atoms with van der Waals surface area (Å²) >= 11 is 1.68. The largest absolute Gasteiger partial charge is 0.507 e. The molecule has 4 N–H and O–H groups in total. The van der Waals surface area contributed by atoms with E-state index in [0.29, 0.717) is 11.4 Å². The molecule has 0 aliphatic carbocycles. The quantitative estimate of drug-likeness (QED) is 0.389. The van der Waals surface area contributed by atoms with E-state index < -0.39 is 0 Å². The predicted molar refractivity (Wildman–Crippen MR) is 131 cm³/mol. The second kappa shape index (κ2) is 8.80. The van der Waals surface area contributed by atoms with Crippen molar-refractivity contribution in [2.45, 2.75) is 62.2 Å². The Labute approximate surface area is 190 Å². The van der Waals surface area contributed by atoms with Gasteiger partial charge in [-0.05, 0) is 46.7 Å². The molecule has 3 aromatic rings. The summed E-state index contributed by atoms with van der Waals surface area (Å²) in [5.41, 5.74) is 9.86. The number of phenolic OH excluding ortho intramolecular Hbond substituents is 1. The van der Waals surface area contributed by atoms with Crippen LogP contribution in [-0.2, 0) is 10.8 Å². The van der Waals surface area contributed by atoms with Crippen molar-refractivity contribution in [3.63, 3.8) is 0 Å². The van der Waals surface area contributed by atoms with Crippen molar-refractivity contribution in [2.75, 3.05) is 0 Å². The molecule has 0 aromatic heterocycles. The van der Waals surface area contributed by atoms with E-state index in [9.17, 15) is 5.11 Å². The van der Waals surface area contributed by atoms with Gasteiger partial charge in [-0.15, -0.1) is 0 Å². The molecule has 0 aliphatic rings. The molecule has 162 valence electrons. The van der Waals surface area contributed by atoms with Crippen LogP contribution >= 0.6 is 11.8 Å². The Hall–Kier alpha value is -2.72. The Morgan fingerprint density at radius 2 is 1.45 bits per heavy atom. The lowest BCUT2D eigenvalue weighted by atomic mass is 9.79. The predicted octanol–water partition coefficient (Wildman–Crippen LogP) is 5.26. The van der Waals surface area contributed by atoms with Crippen molar-refractivity contribution in [1.82, 2.24) is 0 Å². The number of phenols is 1. The van der Waals surface area contributed by atoms with Gasteiger partial charge in [0.1, 0.15) is 17.0 Å². The molecular weight excluding hydrogens is 400 g/mol. The van der Waals surface area contributed by atoms with E-state index in [0.717, 1.165) is 26.6 Å². The summed E-state index contributed by atoms with van der Waals surface area (Å²) in [5, 5.41) is 11.1. The Kier molecular flexibility index (Phi) is 6.51. The van der Waals surface area contributed by atoms with E-state index in [-0.39, 0.29) is 16.6 Å². The van der Waals surface area contributed by atoms with Crippen molar-refractivity contribution in [3.8, 4) is 5.75 Å². The Morgan fingerprint density at radius 1 is 0.839 bits per heavy atom. The van der Waals surface area contributed by atoms with E-state index in [2.05, 4.69) is 70.8 Å². The van der Waals surface area contributed by atoms with Crippen LogP contribution in [0.2, 0.25) is 0 Å². The summed E-state index contributed by atoms with van der Waals surface area (Å²) in [7, 11) is 0. The number of nitrogens with one attached hydrogen (secondary N) is 1. The van der Waals surface area contributed by atoms with Crippen molar-refractivity contribution in [3.05, 3.63) is 83.4 Å². The van der Waals surface area contributed by atoms with Gasteiger partial charge in [0, 0.05) is 10.5 Å². The van der Waals surface area contributed by atoms with Gasteiger partial charge >= 0.3 is 0 Å². The van der Waals surface area contributed by atoms with E-state index in [1.165, 1.54) is 0 Å². The molecule has 0 heterocycles. The van der Waals surface area contributed by atoms with E-state index in [1.807, 2.05) is 42.5 Å². The van der Waals surface area contributed by atoms with Crippen molar-refractivity contribution >= 4 is 23.3 Å². The Morgan fingerprint density at radius 3 is 2.06 bits per heavy atom. The van der Waals surface area contributed by atoms with Gasteiger partial charge in [-0.3, -0.25) is 5.73 Å². The van der Waals surface area contributed by atoms with Gasteiger partial charge < -0.3 is 5.11 Å². The molecule has 31 heavy (non-hydrogen) atoms. The summed E-state index contributed by atoms with van der Waals surface area (Å²) in [6, 6.07) is 22.4. The van der Waals surface area contributed by atoms with Crippen LogP contribution in [0.5, 0.6) is 5.75 Å². The van der Waals surface area contributed by atoms with Crippen LogP contribution in [-0.4, -0.2) is 10.9 Å². The standard InChI is InChI=1S/C27H32N2OS/c1-26(2,3)18-16-20(24(30)21(17-18)27(4,5)6)25(28)29-22-14-10-11-15-23(22)31-19-12-8-7-9-13-19/h7-17,30H,1-6H3,(H2,28,29)/p+1. The highest BCUT2D eigenvalue weighted by Gasteiger charge is 2.27. The lowest BCUT2D eigenvalue weighted by Crippen LogP contribution is -2.69. The summed E-state index contributed by atoms with van der Waals surface area (Å²) in [6.45, 7) is 12.8. The normalized spacial score (nSPS) is 12.8. The van der Waals surface area contributed by atoms with Crippen LogP contribution in [0.25, 0.3) is 0 Å². The average Bonchev–Trinajstić information content (AvgIpc) is 2.68. The summed E-state index contributed by atoms with van der Waals surface area (Å²) in [4.78, 5) is 5.58. The number of hydrogen-bond acceptors (Lipinski definition) is 2. The first kappa shape index (κ1) is 23.0. The van der Waals surface area contributed by atoms with Crippen LogP contribution in [0.4, 0.5) is 5.69 Å². The Bertz CT molecular complexity index is 1090. The molecule has 0 saturated heterocycles. The van der Waals surface area contributed by atoms with Crippen LogP contribution in [0.15, 0.2) is 76.5 Å². The summed E-state index contributed by atoms with van der Waals surface area (Å²) in [6.07, 6.45) is 0. The fourth-order valence-corrected chi connectivity index (χ4v) is 4.25. The zero-order chi connectivity index (χ0) is 22.8. The first-order valence-corrected chi connectivity index (χ1v) is 11.4. The minimum absolute atomic E-state index is 0.0657. The van der Waals surface area contributed by atoms with Crippen LogP contribution < -0.4 is 10.7 Å². The maximum absolute atomic E-state index is 11.1. The summed E-state index contributed by atoms with van der Waals surface area (Å²) < 4.78 is 0. The molecule has 0 saturated carbocycles. The fraction of sp³-hybridized carbons (Fsp3) is 0.296. The van der Waals surface area contributed by atoms with E-state index in [1.54, 1.807) is 11.8 Å². The van der Waals surface area contributed by atoms with Crippen molar-refractivity contribution < 1.29 is 10.1 Å². The number of amidine groups is 1. The maximum Gasteiger partial charge on any atom is 0.281 e. The molecule has 0 unspecified atom stereocenters. The molecule has 0 bridgehead atoms. The third-order valence-corrected chi connectivity index (χ3v) is 6.29. The molecule has 0 fully saturated rings.